The summed E-state index contributed by atoms with van der Waals surface area (Å²) in [7, 11) is 0. The molecule has 0 aliphatic carbocycles. The van der Waals surface area contributed by atoms with E-state index in [0.717, 1.165) is 16.9 Å². The summed E-state index contributed by atoms with van der Waals surface area (Å²) >= 11 is 0. The summed E-state index contributed by atoms with van der Waals surface area (Å²) in [4.78, 5) is 17.3. The van der Waals surface area contributed by atoms with Gasteiger partial charge in [-0.25, -0.2) is 9.67 Å². The van der Waals surface area contributed by atoms with Gasteiger partial charge >= 0.3 is 6.55 Å². The second-order valence-electron chi connectivity index (χ2n) is 7.80. The summed E-state index contributed by atoms with van der Waals surface area (Å²) in [6, 6.07) is 5.35. The van der Waals surface area contributed by atoms with E-state index in [4.69, 9.17) is 5.73 Å². The van der Waals surface area contributed by atoms with Gasteiger partial charge in [0.05, 0.1) is 22.9 Å². The Balaban J connectivity index is 1.73. The minimum atomic E-state index is -2.72. The highest BCUT2D eigenvalue weighted by Gasteiger charge is 2.34. The maximum Gasteiger partial charge on any atom is 0.333 e. The summed E-state index contributed by atoms with van der Waals surface area (Å²) < 4.78 is 28.6. The van der Waals surface area contributed by atoms with Crippen LogP contribution in [0.15, 0.2) is 36.8 Å². The van der Waals surface area contributed by atoms with Crippen LogP contribution in [0.4, 0.5) is 20.7 Å². The molecular formula is C20H23F2N9. The molecule has 0 aliphatic rings. The quantitative estimate of drug-likeness (QED) is 0.483. The molecule has 1 atom stereocenters. The standard InChI is InChI=1S/C20H23F2N9/c1-11(2)20(4,15-7-8-31(29-15)17(21)22)28-19-26-16(25-18(23)27-19)13-5-6-14-9-24-12(3)30(14)10-13/h5-11,17H,1-4H3,(H3,23,25,26,27,28)/t20-/m1/s1. The number of hydrogen-bond donors (Lipinski definition) is 2. The van der Waals surface area contributed by atoms with E-state index < -0.39 is 12.1 Å². The van der Waals surface area contributed by atoms with Crippen LogP contribution in [0.1, 0.15) is 38.8 Å². The van der Waals surface area contributed by atoms with Gasteiger partial charge in [-0.1, -0.05) is 13.8 Å². The lowest BCUT2D eigenvalue weighted by Crippen LogP contribution is -2.39. The number of aryl methyl sites for hydroxylation is 1. The van der Waals surface area contributed by atoms with E-state index in [-0.39, 0.29) is 17.8 Å². The smallest absolute Gasteiger partial charge is 0.333 e. The molecule has 0 amide bonds. The van der Waals surface area contributed by atoms with Crippen molar-refractivity contribution in [2.45, 2.75) is 39.8 Å². The maximum absolute atomic E-state index is 13.0. The third-order valence-corrected chi connectivity index (χ3v) is 5.49. The molecule has 11 heteroatoms. The SMILES string of the molecule is Cc1ncc2ccc(-c3nc(N)nc(N[C@@](C)(c4ccn(C(F)F)n4)C(C)C)n3)cn12. The largest absolute Gasteiger partial charge is 0.368 e. The lowest BCUT2D eigenvalue weighted by atomic mass is 9.85. The fraction of sp³-hybridized carbons (Fsp3) is 0.350. The fourth-order valence-corrected chi connectivity index (χ4v) is 3.29. The van der Waals surface area contributed by atoms with Crippen molar-refractivity contribution in [3.63, 3.8) is 0 Å². The van der Waals surface area contributed by atoms with Crippen molar-refractivity contribution in [3.8, 4) is 11.4 Å². The number of anilines is 2. The Morgan fingerprint density at radius 3 is 2.58 bits per heavy atom. The predicted octanol–water partition coefficient (Wildman–Crippen LogP) is 3.65. The first-order valence-corrected chi connectivity index (χ1v) is 9.75. The van der Waals surface area contributed by atoms with Crippen molar-refractivity contribution >= 4 is 17.4 Å². The molecule has 3 N–H and O–H groups in total. The molecule has 162 valence electrons. The van der Waals surface area contributed by atoms with Crippen LogP contribution in [0.2, 0.25) is 0 Å². The first kappa shape index (κ1) is 20.6. The van der Waals surface area contributed by atoms with Gasteiger partial charge in [-0.15, -0.1) is 0 Å². The number of aromatic nitrogens is 7. The number of pyridine rings is 1. The van der Waals surface area contributed by atoms with Gasteiger partial charge in [0, 0.05) is 18.0 Å². The molecule has 0 fully saturated rings. The van der Waals surface area contributed by atoms with E-state index in [0.29, 0.717) is 16.2 Å². The molecule has 0 aromatic carbocycles. The van der Waals surface area contributed by atoms with Crippen LogP contribution in [0.3, 0.4) is 0 Å². The molecule has 4 aromatic heterocycles. The Morgan fingerprint density at radius 2 is 1.90 bits per heavy atom. The molecule has 0 radical (unpaired) electrons. The van der Waals surface area contributed by atoms with Crippen molar-refractivity contribution in [1.82, 2.24) is 34.1 Å². The third kappa shape index (κ3) is 3.78. The molecule has 0 aliphatic heterocycles. The number of nitrogen functional groups attached to an aromatic ring is 1. The molecule has 31 heavy (non-hydrogen) atoms. The average Bonchev–Trinajstić information content (AvgIpc) is 3.35. The van der Waals surface area contributed by atoms with Gasteiger partial charge in [0.2, 0.25) is 11.9 Å². The summed E-state index contributed by atoms with van der Waals surface area (Å²) in [5.74, 6) is 1.46. The number of nitrogens with zero attached hydrogens (tertiary/aromatic N) is 7. The van der Waals surface area contributed by atoms with Gasteiger partial charge < -0.3 is 15.5 Å². The molecule has 0 saturated carbocycles. The van der Waals surface area contributed by atoms with Gasteiger partial charge in [0.15, 0.2) is 5.82 Å². The van der Waals surface area contributed by atoms with Gasteiger partial charge in [-0.2, -0.15) is 28.8 Å². The lowest BCUT2D eigenvalue weighted by Gasteiger charge is -2.33. The molecule has 0 spiro atoms. The van der Waals surface area contributed by atoms with Crippen LogP contribution in [0.5, 0.6) is 0 Å². The topological polar surface area (TPSA) is 112 Å². The predicted molar refractivity (Wildman–Crippen MR) is 112 cm³/mol. The normalized spacial score (nSPS) is 13.8. The first-order valence-electron chi connectivity index (χ1n) is 9.75. The number of imidazole rings is 1. The molecule has 4 heterocycles. The summed E-state index contributed by atoms with van der Waals surface area (Å²) in [6.07, 6.45) is 4.90. The molecule has 4 aromatic rings. The second-order valence-corrected chi connectivity index (χ2v) is 7.80. The zero-order chi connectivity index (χ0) is 22.3. The summed E-state index contributed by atoms with van der Waals surface area (Å²) in [5, 5.41) is 7.27. The monoisotopic (exact) mass is 427 g/mol. The minimum absolute atomic E-state index is 0.0279. The van der Waals surface area contributed by atoms with Crippen LogP contribution in [-0.2, 0) is 5.54 Å². The van der Waals surface area contributed by atoms with Crippen molar-refractivity contribution in [3.05, 3.63) is 48.3 Å². The first-order chi connectivity index (χ1) is 14.7. The van der Waals surface area contributed by atoms with Crippen LogP contribution < -0.4 is 11.1 Å². The van der Waals surface area contributed by atoms with E-state index >= 15 is 0 Å². The van der Waals surface area contributed by atoms with Gasteiger partial charge in [-0.05, 0) is 38.0 Å². The van der Waals surface area contributed by atoms with Crippen LogP contribution in [0.25, 0.3) is 16.9 Å². The highest BCUT2D eigenvalue weighted by atomic mass is 19.3. The average molecular weight is 427 g/mol. The number of nitrogens with one attached hydrogen (secondary N) is 1. The maximum atomic E-state index is 13.0. The number of rotatable bonds is 6. The highest BCUT2D eigenvalue weighted by molar-refractivity contribution is 5.61. The molecule has 0 saturated heterocycles. The zero-order valence-corrected chi connectivity index (χ0v) is 17.6. The molecule has 0 bridgehead atoms. The van der Waals surface area contributed by atoms with Crippen LogP contribution in [-0.4, -0.2) is 34.1 Å². The van der Waals surface area contributed by atoms with E-state index in [1.807, 2.05) is 50.4 Å². The molecular weight excluding hydrogens is 404 g/mol. The Morgan fingerprint density at radius 1 is 1.13 bits per heavy atom. The molecule has 9 nitrogen and oxygen atoms in total. The van der Waals surface area contributed by atoms with Gasteiger partial charge in [0.25, 0.3) is 0 Å². The summed E-state index contributed by atoms with van der Waals surface area (Å²) in [5.41, 5.74) is 7.26. The number of halogens is 2. The van der Waals surface area contributed by atoms with Gasteiger partial charge in [-0.3, -0.25) is 0 Å². The number of alkyl halides is 2. The Hall–Kier alpha value is -3.63. The second kappa shape index (κ2) is 7.56. The zero-order valence-electron chi connectivity index (χ0n) is 17.6. The molecule has 4 rings (SSSR count). The Labute approximate surface area is 177 Å². The van der Waals surface area contributed by atoms with Crippen LogP contribution >= 0.6 is 0 Å². The van der Waals surface area contributed by atoms with Crippen molar-refractivity contribution in [2.24, 2.45) is 5.92 Å². The van der Waals surface area contributed by atoms with Gasteiger partial charge in [0.1, 0.15) is 5.82 Å². The molecule has 0 unspecified atom stereocenters. The summed E-state index contributed by atoms with van der Waals surface area (Å²) in [6.45, 7) is 4.95. The van der Waals surface area contributed by atoms with Crippen molar-refractivity contribution in [2.75, 3.05) is 11.1 Å². The fourth-order valence-electron chi connectivity index (χ4n) is 3.29. The third-order valence-electron chi connectivity index (χ3n) is 5.49. The lowest BCUT2D eigenvalue weighted by molar-refractivity contribution is 0.0555. The van der Waals surface area contributed by atoms with Crippen molar-refractivity contribution < 1.29 is 8.78 Å². The number of nitrogens with two attached hydrogens (primary N) is 1. The number of fused-ring (bicyclic) bond motifs is 1. The minimum Gasteiger partial charge on any atom is -0.368 e. The highest BCUT2D eigenvalue weighted by Crippen LogP contribution is 2.32. The van der Waals surface area contributed by atoms with Crippen LogP contribution in [0, 0.1) is 12.8 Å². The number of hydrogen-bond acceptors (Lipinski definition) is 7. The van der Waals surface area contributed by atoms with E-state index in [1.165, 1.54) is 6.20 Å². The Bertz CT molecular complexity index is 1230. The van der Waals surface area contributed by atoms with E-state index in [1.54, 1.807) is 12.3 Å². The van der Waals surface area contributed by atoms with E-state index in [9.17, 15) is 8.78 Å². The Kier molecular flexibility index (Phi) is 5.03. The van der Waals surface area contributed by atoms with E-state index in [2.05, 4.69) is 30.4 Å². The van der Waals surface area contributed by atoms with Crippen molar-refractivity contribution in [1.29, 1.82) is 0 Å².